The summed E-state index contributed by atoms with van der Waals surface area (Å²) >= 11 is 0. The third kappa shape index (κ3) is 4.23. The molecular weight excluding hydrogens is 236 g/mol. The second-order valence-corrected chi connectivity index (χ2v) is 7.77. The predicted octanol–water partition coefficient (Wildman–Crippen LogP) is 0.495. The molecule has 0 aromatic heterocycles. The van der Waals surface area contributed by atoms with E-state index >= 15 is 0 Å². The van der Waals surface area contributed by atoms with Gasteiger partial charge in [-0.2, -0.15) is 0 Å². The van der Waals surface area contributed by atoms with Crippen LogP contribution in [0.1, 0.15) is 25.7 Å². The first kappa shape index (κ1) is 13.3. The fourth-order valence-corrected chi connectivity index (χ4v) is 3.58. The van der Waals surface area contributed by atoms with Crippen LogP contribution in [0.15, 0.2) is 0 Å². The standard InChI is InChI=1S/C12H24N2O2S/c1-17(15,16)10-9-14-7-4-11(5-8-14)12-3-2-6-13-12/h11-13H,2-10H2,1H3. The third-order valence-electron chi connectivity index (χ3n) is 4.08. The van der Waals surface area contributed by atoms with E-state index in [0.717, 1.165) is 25.0 Å². The number of nitrogens with one attached hydrogen (secondary N) is 1. The van der Waals surface area contributed by atoms with Crippen molar-refractivity contribution in [2.24, 2.45) is 5.92 Å². The summed E-state index contributed by atoms with van der Waals surface area (Å²) in [5.41, 5.74) is 0. The van der Waals surface area contributed by atoms with Crippen LogP contribution in [0.5, 0.6) is 0 Å². The van der Waals surface area contributed by atoms with Gasteiger partial charge >= 0.3 is 0 Å². The Kier molecular flexibility index (Phi) is 4.44. The van der Waals surface area contributed by atoms with Gasteiger partial charge in [-0.1, -0.05) is 0 Å². The van der Waals surface area contributed by atoms with Crippen LogP contribution in [-0.4, -0.2) is 57.5 Å². The molecule has 1 atom stereocenters. The molecule has 2 saturated heterocycles. The van der Waals surface area contributed by atoms with E-state index in [9.17, 15) is 8.42 Å². The van der Waals surface area contributed by atoms with Crippen molar-refractivity contribution in [3.05, 3.63) is 0 Å². The summed E-state index contributed by atoms with van der Waals surface area (Å²) in [6, 6.07) is 0.729. The average Bonchev–Trinajstić information content (AvgIpc) is 2.79. The van der Waals surface area contributed by atoms with E-state index < -0.39 is 9.84 Å². The van der Waals surface area contributed by atoms with Crippen molar-refractivity contribution in [3.63, 3.8) is 0 Å². The minimum Gasteiger partial charge on any atom is -0.314 e. The highest BCUT2D eigenvalue weighted by molar-refractivity contribution is 7.90. The van der Waals surface area contributed by atoms with Crippen molar-refractivity contribution in [1.29, 1.82) is 0 Å². The molecular formula is C12H24N2O2S. The first-order valence-electron chi connectivity index (χ1n) is 6.68. The lowest BCUT2D eigenvalue weighted by molar-refractivity contribution is 0.171. The maximum absolute atomic E-state index is 11.1. The van der Waals surface area contributed by atoms with Crippen LogP contribution < -0.4 is 5.32 Å². The molecule has 0 spiro atoms. The summed E-state index contributed by atoms with van der Waals surface area (Å²) in [6.45, 7) is 4.03. The molecule has 5 heteroatoms. The molecule has 2 aliphatic heterocycles. The SMILES string of the molecule is CS(=O)(=O)CCN1CCC(C2CCCN2)CC1. The molecule has 4 nitrogen and oxygen atoms in total. The van der Waals surface area contributed by atoms with Crippen LogP contribution in [0.2, 0.25) is 0 Å². The summed E-state index contributed by atoms with van der Waals surface area (Å²) in [5.74, 6) is 1.12. The van der Waals surface area contributed by atoms with Gasteiger partial charge in [0.1, 0.15) is 9.84 Å². The van der Waals surface area contributed by atoms with Crippen LogP contribution in [0.4, 0.5) is 0 Å². The third-order valence-corrected chi connectivity index (χ3v) is 5.00. The molecule has 0 aromatic carbocycles. The minimum atomic E-state index is -2.81. The van der Waals surface area contributed by atoms with Crippen molar-refractivity contribution in [2.75, 3.05) is 38.2 Å². The van der Waals surface area contributed by atoms with Crippen LogP contribution in [0.25, 0.3) is 0 Å². The van der Waals surface area contributed by atoms with E-state index in [1.165, 1.54) is 38.5 Å². The van der Waals surface area contributed by atoms with Crippen LogP contribution >= 0.6 is 0 Å². The van der Waals surface area contributed by atoms with Crippen molar-refractivity contribution < 1.29 is 8.42 Å². The van der Waals surface area contributed by atoms with E-state index in [1.807, 2.05) is 0 Å². The monoisotopic (exact) mass is 260 g/mol. The zero-order valence-electron chi connectivity index (χ0n) is 10.7. The molecule has 0 saturated carbocycles. The Bertz CT molecular complexity index is 328. The highest BCUT2D eigenvalue weighted by Gasteiger charge is 2.28. The van der Waals surface area contributed by atoms with Gasteiger partial charge in [0.25, 0.3) is 0 Å². The lowest BCUT2D eigenvalue weighted by Gasteiger charge is -2.34. The number of likely N-dealkylation sites (tertiary alicyclic amines) is 1. The van der Waals surface area contributed by atoms with Crippen LogP contribution in [0, 0.1) is 5.92 Å². The van der Waals surface area contributed by atoms with Crippen molar-refractivity contribution >= 4 is 9.84 Å². The van der Waals surface area contributed by atoms with Gasteiger partial charge in [-0.15, -0.1) is 0 Å². The first-order valence-corrected chi connectivity index (χ1v) is 8.74. The van der Waals surface area contributed by atoms with E-state index in [2.05, 4.69) is 10.2 Å². The molecule has 2 fully saturated rings. The van der Waals surface area contributed by atoms with Crippen molar-refractivity contribution in [1.82, 2.24) is 10.2 Å². The lowest BCUT2D eigenvalue weighted by atomic mass is 9.88. The Hall–Kier alpha value is -0.130. The lowest BCUT2D eigenvalue weighted by Crippen LogP contribution is -2.42. The minimum absolute atomic E-state index is 0.305. The maximum Gasteiger partial charge on any atom is 0.148 e. The largest absolute Gasteiger partial charge is 0.314 e. The predicted molar refractivity (Wildman–Crippen MR) is 69.9 cm³/mol. The number of piperidine rings is 1. The van der Waals surface area contributed by atoms with Crippen LogP contribution in [0.3, 0.4) is 0 Å². The summed E-state index contributed by atoms with van der Waals surface area (Å²) in [6.07, 6.45) is 6.41. The highest BCUT2D eigenvalue weighted by atomic mass is 32.2. The van der Waals surface area contributed by atoms with Gasteiger partial charge < -0.3 is 10.2 Å². The van der Waals surface area contributed by atoms with E-state index in [1.54, 1.807) is 0 Å². The quantitative estimate of drug-likeness (QED) is 0.799. The average molecular weight is 260 g/mol. The van der Waals surface area contributed by atoms with Gasteiger partial charge in [-0.05, 0) is 51.2 Å². The zero-order chi connectivity index (χ0) is 12.3. The maximum atomic E-state index is 11.1. The molecule has 2 rings (SSSR count). The van der Waals surface area contributed by atoms with E-state index in [4.69, 9.17) is 0 Å². The molecule has 100 valence electrons. The molecule has 0 aliphatic carbocycles. The van der Waals surface area contributed by atoms with Gasteiger partial charge in [0, 0.05) is 18.8 Å². The Labute approximate surface area is 105 Å². The molecule has 17 heavy (non-hydrogen) atoms. The van der Waals surface area contributed by atoms with Gasteiger partial charge in [0.15, 0.2) is 0 Å². The fraction of sp³-hybridized carbons (Fsp3) is 1.00. The molecule has 0 amide bonds. The van der Waals surface area contributed by atoms with Gasteiger partial charge in [-0.3, -0.25) is 0 Å². The molecule has 1 unspecified atom stereocenters. The highest BCUT2D eigenvalue weighted by Crippen LogP contribution is 2.25. The topological polar surface area (TPSA) is 49.4 Å². The number of sulfone groups is 1. The molecule has 2 aliphatic rings. The number of hydrogen-bond acceptors (Lipinski definition) is 4. The summed E-state index contributed by atoms with van der Waals surface area (Å²) in [4.78, 5) is 2.30. The van der Waals surface area contributed by atoms with E-state index in [-0.39, 0.29) is 0 Å². The Balaban J connectivity index is 1.70. The van der Waals surface area contributed by atoms with Crippen molar-refractivity contribution in [2.45, 2.75) is 31.7 Å². The Morgan fingerprint density at radius 3 is 2.47 bits per heavy atom. The first-order chi connectivity index (χ1) is 8.04. The summed E-state index contributed by atoms with van der Waals surface area (Å²) in [7, 11) is -2.81. The zero-order valence-corrected chi connectivity index (χ0v) is 11.5. The fourth-order valence-electron chi connectivity index (χ4n) is 2.99. The van der Waals surface area contributed by atoms with E-state index in [0.29, 0.717) is 12.3 Å². The smallest absolute Gasteiger partial charge is 0.148 e. The van der Waals surface area contributed by atoms with Gasteiger partial charge in [0.2, 0.25) is 0 Å². The molecule has 1 N–H and O–H groups in total. The van der Waals surface area contributed by atoms with Crippen molar-refractivity contribution in [3.8, 4) is 0 Å². The number of nitrogens with zero attached hydrogens (tertiary/aromatic N) is 1. The van der Waals surface area contributed by atoms with Crippen LogP contribution in [-0.2, 0) is 9.84 Å². The van der Waals surface area contributed by atoms with Gasteiger partial charge in [0.05, 0.1) is 5.75 Å². The molecule has 0 aromatic rings. The Morgan fingerprint density at radius 1 is 1.24 bits per heavy atom. The summed E-state index contributed by atoms with van der Waals surface area (Å²) < 4.78 is 22.2. The normalized spacial score (nSPS) is 28.6. The van der Waals surface area contributed by atoms with Gasteiger partial charge in [-0.25, -0.2) is 8.42 Å². The number of hydrogen-bond donors (Lipinski definition) is 1. The second kappa shape index (κ2) is 5.67. The second-order valence-electron chi connectivity index (χ2n) is 5.51. The summed E-state index contributed by atoms with van der Waals surface area (Å²) in [5, 5.41) is 3.58. The molecule has 2 heterocycles. The molecule has 0 radical (unpaired) electrons. The Morgan fingerprint density at radius 2 is 1.94 bits per heavy atom. The number of rotatable bonds is 4. The molecule has 0 bridgehead atoms.